The van der Waals surface area contributed by atoms with Crippen LogP contribution in [0.2, 0.25) is 5.32 Å². The molecule has 0 aromatic heterocycles. The van der Waals surface area contributed by atoms with Crippen LogP contribution in [0.1, 0.15) is 19.8 Å². The molecular weight excluding hydrogens is 223 g/mol. The molecule has 1 rings (SSSR count). The van der Waals surface area contributed by atoms with E-state index < -0.39 is 0 Å². The standard InChI is InChI=1S/C12H16Se/c1-2-3-4-8-11-13-12-9-6-5-7-10-12/h4-10H,2-3,11H2,1H3/b8-4+. The van der Waals surface area contributed by atoms with E-state index in [1.54, 1.807) is 0 Å². The molecule has 0 saturated heterocycles. The van der Waals surface area contributed by atoms with Gasteiger partial charge >= 0.3 is 87.0 Å². The van der Waals surface area contributed by atoms with E-state index in [4.69, 9.17) is 0 Å². The molecular formula is C12H16Se. The number of hydrogen-bond donors (Lipinski definition) is 0. The van der Waals surface area contributed by atoms with Gasteiger partial charge in [0.2, 0.25) is 0 Å². The monoisotopic (exact) mass is 240 g/mol. The SMILES string of the molecule is CCC/C=C/C[Se]c1ccccc1. The maximum absolute atomic E-state index is 2.32. The number of rotatable bonds is 5. The molecule has 0 spiro atoms. The average molecular weight is 239 g/mol. The average Bonchev–Trinajstić information content (AvgIpc) is 2.19. The van der Waals surface area contributed by atoms with Crippen molar-refractivity contribution in [2.75, 3.05) is 0 Å². The number of allylic oxidation sites excluding steroid dienone is 2. The molecule has 70 valence electrons. The van der Waals surface area contributed by atoms with E-state index in [2.05, 4.69) is 49.4 Å². The third-order valence-electron chi connectivity index (χ3n) is 1.71. The van der Waals surface area contributed by atoms with Crippen molar-refractivity contribution in [3.05, 3.63) is 42.5 Å². The summed E-state index contributed by atoms with van der Waals surface area (Å²) in [6.45, 7) is 2.21. The summed E-state index contributed by atoms with van der Waals surface area (Å²) in [5, 5.41) is 1.23. The molecule has 0 atom stereocenters. The molecule has 0 radical (unpaired) electrons. The van der Waals surface area contributed by atoms with E-state index in [0.29, 0.717) is 15.0 Å². The summed E-state index contributed by atoms with van der Waals surface area (Å²) in [5.74, 6) is 0. The first-order valence-corrected chi connectivity index (χ1v) is 6.83. The van der Waals surface area contributed by atoms with Crippen molar-refractivity contribution in [2.45, 2.75) is 25.1 Å². The van der Waals surface area contributed by atoms with Gasteiger partial charge in [0, 0.05) is 0 Å². The second kappa shape index (κ2) is 6.94. The van der Waals surface area contributed by atoms with Gasteiger partial charge in [0.25, 0.3) is 0 Å². The molecule has 0 bridgehead atoms. The van der Waals surface area contributed by atoms with Crippen molar-refractivity contribution in [3.63, 3.8) is 0 Å². The molecule has 0 unspecified atom stereocenters. The number of hydrogen-bond acceptors (Lipinski definition) is 0. The van der Waals surface area contributed by atoms with Gasteiger partial charge in [-0.15, -0.1) is 0 Å². The summed E-state index contributed by atoms with van der Waals surface area (Å²) in [5.41, 5.74) is 0. The van der Waals surface area contributed by atoms with Crippen LogP contribution < -0.4 is 4.46 Å². The molecule has 0 aliphatic rings. The van der Waals surface area contributed by atoms with Crippen LogP contribution in [-0.4, -0.2) is 15.0 Å². The first-order chi connectivity index (χ1) is 6.43. The van der Waals surface area contributed by atoms with E-state index >= 15 is 0 Å². The normalized spacial score (nSPS) is 10.8. The Bertz CT molecular complexity index is 239. The van der Waals surface area contributed by atoms with Crippen LogP contribution in [-0.2, 0) is 0 Å². The van der Waals surface area contributed by atoms with Gasteiger partial charge in [-0.2, -0.15) is 0 Å². The summed E-state index contributed by atoms with van der Waals surface area (Å²) >= 11 is 0.630. The first-order valence-electron chi connectivity index (χ1n) is 4.76. The zero-order valence-corrected chi connectivity index (χ0v) is 9.78. The Morgan fingerprint density at radius 3 is 2.62 bits per heavy atom. The molecule has 1 heteroatoms. The molecule has 0 nitrogen and oxygen atoms in total. The molecule has 0 heterocycles. The molecule has 0 aliphatic heterocycles. The Morgan fingerprint density at radius 1 is 1.15 bits per heavy atom. The minimum absolute atomic E-state index is 0.630. The molecule has 0 saturated carbocycles. The molecule has 0 N–H and O–H groups in total. The van der Waals surface area contributed by atoms with Crippen LogP contribution in [0.15, 0.2) is 42.5 Å². The van der Waals surface area contributed by atoms with Crippen LogP contribution in [0.3, 0.4) is 0 Å². The summed E-state index contributed by atoms with van der Waals surface area (Å²) in [6.07, 6.45) is 7.10. The van der Waals surface area contributed by atoms with E-state index in [0.717, 1.165) is 0 Å². The zero-order chi connectivity index (χ0) is 9.36. The number of benzene rings is 1. The van der Waals surface area contributed by atoms with Crippen LogP contribution in [0.25, 0.3) is 0 Å². The van der Waals surface area contributed by atoms with Crippen molar-refractivity contribution < 1.29 is 0 Å². The van der Waals surface area contributed by atoms with Crippen LogP contribution in [0.4, 0.5) is 0 Å². The Balaban J connectivity index is 2.20. The van der Waals surface area contributed by atoms with E-state index in [1.165, 1.54) is 22.6 Å². The topological polar surface area (TPSA) is 0 Å². The summed E-state index contributed by atoms with van der Waals surface area (Å²) in [7, 11) is 0. The van der Waals surface area contributed by atoms with Gasteiger partial charge in [0.05, 0.1) is 0 Å². The third kappa shape index (κ3) is 4.92. The molecule has 1 aromatic carbocycles. The third-order valence-corrected chi connectivity index (χ3v) is 3.74. The minimum atomic E-state index is 0.630. The Hall–Kier alpha value is -0.521. The molecule has 0 amide bonds. The van der Waals surface area contributed by atoms with Gasteiger partial charge in [-0.1, -0.05) is 0 Å². The molecule has 0 fully saturated rings. The van der Waals surface area contributed by atoms with Crippen molar-refractivity contribution in [1.29, 1.82) is 0 Å². The Kier molecular flexibility index (Phi) is 5.64. The van der Waals surface area contributed by atoms with Gasteiger partial charge in [-0.25, -0.2) is 0 Å². The maximum atomic E-state index is 2.32. The second-order valence-electron chi connectivity index (χ2n) is 2.88. The van der Waals surface area contributed by atoms with Crippen molar-refractivity contribution in [2.24, 2.45) is 0 Å². The first kappa shape index (κ1) is 10.6. The predicted molar refractivity (Wildman–Crippen MR) is 60.7 cm³/mol. The van der Waals surface area contributed by atoms with Gasteiger partial charge in [-0.3, -0.25) is 0 Å². The predicted octanol–water partition coefficient (Wildman–Crippen LogP) is 2.79. The fourth-order valence-corrected chi connectivity index (χ4v) is 2.64. The molecule has 13 heavy (non-hydrogen) atoms. The van der Waals surface area contributed by atoms with Crippen molar-refractivity contribution >= 4 is 19.4 Å². The fraction of sp³-hybridized carbons (Fsp3) is 0.333. The molecule has 0 aliphatic carbocycles. The van der Waals surface area contributed by atoms with E-state index in [-0.39, 0.29) is 0 Å². The van der Waals surface area contributed by atoms with E-state index in [9.17, 15) is 0 Å². The van der Waals surface area contributed by atoms with Gasteiger partial charge in [-0.05, 0) is 0 Å². The van der Waals surface area contributed by atoms with Gasteiger partial charge < -0.3 is 0 Å². The van der Waals surface area contributed by atoms with Crippen LogP contribution >= 0.6 is 0 Å². The van der Waals surface area contributed by atoms with Crippen LogP contribution in [0.5, 0.6) is 0 Å². The Morgan fingerprint density at radius 2 is 1.92 bits per heavy atom. The number of unbranched alkanes of at least 4 members (excludes halogenated alkanes) is 1. The zero-order valence-electron chi connectivity index (χ0n) is 8.07. The quantitative estimate of drug-likeness (QED) is 0.547. The fourth-order valence-electron chi connectivity index (χ4n) is 1.01. The Labute approximate surface area is 87.2 Å². The van der Waals surface area contributed by atoms with Gasteiger partial charge in [0.15, 0.2) is 0 Å². The van der Waals surface area contributed by atoms with Gasteiger partial charge in [0.1, 0.15) is 0 Å². The van der Waals surface area contributed by atoms with E-state index in [1.807, 2.05) is 0 Å². The van der Waals surface area contributed by atoms with Crippen molar-refractivity contribution in [3.8, 4) is 0 Å². The summed E-state index contributed by atoms with van der Waals surface area (Å²) < 4.78 is 1.50. The summed E-state index contributed by atoms with van der Waals surface area (Å²) in [4.78, 5) is 0. The van der Waals surface area contributed by atoms with Crippen LogP contribution in [0, 0.1) is 0 Å². The molecule has 1 aromatic rings. The summed E-state index contributed by atoms with van der Waals surface area (Å²) in [6, 6.07) is 10.7. The second-order valence-corrected chi connectivity index (χ2v) is 5.18. The van der Waals surface area contributed by atoms with Crippen molar-refractivity contribution in [1.82, 2.24) is 0 Å².